The Morgan fingerprint density at radius 3 is 1.40 bits per heavy atom. The molecule has 0 heterocycles. The maximum absolute atomic E-state index is 13.2. The van der Waals surface area contributed by atoms with Crippen LogP contribution in [0.5, 0.6) is 0 Å². The number of Topliss-reactive ketones (excluding diaryl/α,β-unsaturated/α-hetero) is 2. The van der Waals surface area contributed by atoms with E-state index in [9.17, 15) is 9.59 Å². The van der Waals surface area contributed by atoms with E-state index in [0.29, 0.717) is 25.4 Å². The first-order valence-corrected chi connectivity index (χ1v) is 12.7. The van der Waals surface area contributed by atoms with Gasteiger partial charge in [0.15, 0.2) is 5.78 Å². The summed E-state index contributed by atoms with van der Waals surface area (Å²) in [5, 5.41) is 3.61. The van der Waals surface area contributed by atoms with E-state index >= 15 is 0 Å². The molecule has 3 aromatic carbocycles. The number of carbonyl (C=O) groups excluding carboxylic acids is 2. The number of rotatable bonds is 11. The van der Waals surface area contributed by atoms with Crippen LogP contribution in [0.3, 0.4) is 0 Å². The second-order valence-electron chi connectivity index (χ2n) is 7.66. The first kappa shape index (κ1) is 22.1. The van der Waals surface area contributed by atoms with Crippen molar-refractivity contribution in [3.05, 3.63) is 91.0 Å². The van der Waals surface area contributed by atoms with Crippen LogP contribution in [-0.4, -0.2) is 17.7 Å². The number of hydrogen-bond donors (Lipinski definition) is 0. The number of benzene rings is 3. The monoisotopic (exact) mass is 417 g/mol. The maximum Gasteiger partial charge on any atom is 0.171 e. The molecule has 0 saturated heterocycles. The van der Waals surface area contributed by atoms with Gasteiger partial charge < -0.3 is 0 Å². The molecule has 0 aliphatic heterocycles. The van der Waals surface area contributed by atoms with E-state index in [1.54, 1.807) is 0 Å². The lowest BCUT2D eigenvalue weighted by Crippen LogP contribution is -2.35. The van der Waals surface area contributed by atoms with Gasteiger partial charge in [0, 0.05) is 19.3 Å². The average molecular weight is 418 g/mol. The fourth-order valence-electron chi connectivity index (χ4n) is 3.89. The van der Waals surface area contributed by atoms with Crippen molar-refractivity contribution in [1.82, 2.24) is 0 Å². The van der Waals surface area contributed by atoms with Gasteiger partial charge in [0.25, 0.3) is 0 Å². The first-order chi connectivity index (χ1) is 14.7. The van der Waals surface area contributed by atoms with E-state index in [1.165, 1.54) is 15.9 Å². The molecule has 0 saturated carbocycles. The minimum Gasteiger partial charge on any atom is -0.300 e. The number of unbranched alkanes of at least 4 members (excludes halogenated alkanes) is 1. The van der Waals surface area contributed by atoms with Gasteiger partial charge in [-0.25, -0.2) is 0 Å². The van der Waals surface area contributed by atoms with Crippen LogP contribution in [0.1, 0.15) is 39.0 Å². The van der Waals surface area contributed by atoms with Gasteiger partial charge in [-0.2, -0.15) is 0 Å². The Bertz CT molecular complexity index is 840. The smallest absolute Gasteiger partial charge is 0.171 e. The standard InChI is InChI=1S/C27H30O2P/c1-2-3-13-23(28)20-21-24(29)22-30(25-14-7-4-8-15-25,26-16-9-5-10-17-26)27-18-11-6-12-19-27/h4-12,14-19H,2-3,13,20-22H2,1H3/q+1. The van der Waals surface area contributed by atoms with Crippen LogP contribution < -0.4 is 15.9 Å². The van der Waals surface area contributed by atoms with Crippen LogP contribution >= 0.6 is 7.26 Å². The van der Waals surface area contributed by atoms with Gasteiger partial charge in [0.05, 0.1) is 0 Å². The molecule has 3 rings (SSSR count). The highest BCUT2D eigenvalue weighted by Crippen LogP contribution is 2.55. The normalized spacial score (nSPS) is 11.2. The summed E-state index contributed by atoms with van der Waals surface area (Å²) < 4.78 is 0. The molecule has 3 aromatic rings. The zero-order valence-corrected chi connectivity index (χ0v) is 18.6. The van der Waals surface area contributed by atoms with E-state index in [4.69, 9.17) is 0 Å². The lowest BCUT2D eigenvalue weighted by molar-refractivity contribution is -0.123. The van der Waals surface area contributed by atoms with E-state index < -0.39 is 7.26 Å². The largest absolute Gasteiger partial charge is 0.300 e. The van der Waals surface area contributed by atoms with Crippen LogP contribution in [0.4, 0.5) is 0 Å². The summed E-state index contributed by atoms with van der Waals surface area (Å²) in [7, 11) is -2.15. The summed E-state index contributed by atoms with van der Waals surface area (Å²) >= 11 is 0. The summed E-state index contributed by atoms with van der Waals surface area (Å²) in [5.74, 6) is 0.373. The Kier molecular flexibility index (Phi) is 8.11. The number of hydrogen-bond acceptors (Lipinski definition) is 2. The molecule has 0 fully saturated rings. The van der Waals surface area contributed by atoms with Crippen molar-refractivity contribution in [2.45, 2.75) is 39.0 Å². The van der Waals surface area contributed by atoms with Gasteiger partial charge in [0.2, 0.25) is 0 Å². The third-order valence-electron chi connectivity index (χ3n) is 5.50. The molecule has 0 bridgehead atoms. The minimum absolute atomic E-state index is 0.171. The summed E-state index contributed by atoms with van der Waals surface area (Å²) in [4.78, 5) is 25.4. The molecule has 30 heavy (non-hydrogen) atoms. The van der Waals surface area contributed by atoms with E-state index in [-0.39, 0.29) is 11.6 Å². The summed E-state index contributed by atoms with van der Waals surface area (Å²) in [6, 6.07) is 31.2. The summed E-state index contributed by atoms with van der Waals surface area (Å²) in [5.41, 5.74) is 0. The minimum atomic E-state index is -2.15. The zero-order valence-electron chi connectivity index (χ0n) is 17.7. The number of carbonyl (C=O) groups is 2. The molecule has 0 aliphatic carbocycles. The van der Waals surface area contributed by atoms with E-state index in [1.807, 2.05) is 18.2 Å². The molecule has 0 radical (unpaired) electrons. The van der Waals surface area contributed by atoms with Crippen molar-refractivity contribution < 1.29 is 9.59 Å². The van der Waals surface area contributed by atoms with Gasteiger partial charge in [-0.15, -0.1) is 0 Å². The highest BCUT2D eigenvalue weighted by Gasteiger charge is 2.46. The molecule has 0 spiro atoms. The number of ketones is 2. The Morgan fingerprint density at radius 1 is 0.600 bits per heavy atom. The topological polar surface area (TPSA) is 34.1 Å². The van der Waals surface area contributed by atoms with Crippen molar-refractivity contribution in [1.29, 1.82) is 0 Å². The maximum atomic E-state index is 13.2. The van der Waals surface area contributed by atoms with Crippen LogP contribution in [0, 0.1) is 0 Å². The quantitative estimate of drug-likeness (QED) is 0.407. The molecular formula is C27H30O2P+. The lowest BCUT2D eigenvalue weighted by atomic mass is 10.1. The summed E-state index contributed by atoms with van der Waals surface area (Å²) in [6.07, 6.45) is 3.63. The zero-order chi connectivity index (χ0) is 21.2. The molecule has 2 nitrogen and oxygen atoms in total. The first-order valence-electron chi connectivity index (χ1n) is 10.7. The van der Waals surface area contributed by atoms with Crippen molar-refractivity contribution in [2.24, 2.45) is 0 Å². The van der Waals surface area contributed by atoms with Crippen molar-refractivity contribution in [3.63, 3.8) is 0 Å². The molecule has 0 aliphatic rings. The predicted molar refractivity (Wildman–Crippen MR) is 129 cm³/mol. The van der Waals surface area contributed by atoms with Crippen LogP contribution in [0.2, 0.25) is 0 Å². The highest BCUT2D eigenvalue weighted by atomic mass is 31.2. The van der Waals surface area contributed by atoms with Crippen LogP contribution in [0.25, 0.3) is 0 Å². The molecule has 0 amide bonds. The van der Waals surface area contributed by atoms with E-state index in [0.717, 1.165) is 12.8 Å². The van der Waals surface area contributed by atoms with Crippen molar-refractivity contribution in [3.8, 4) is 0 Å². The fourth-order valence-corrected chi connectivity index (χ4v) is 8.06. The van der Waals surface area contributed by atoms with Crippen LogP contribution in [0.15, 0.2) is 91.0 Å². The Morgan fingerprint density at radius 2 is 1.00 bits per heavy atom. The highest BCUT2D eigenvalue weighted by molar-refractivity contribution is 7.96. The SMILES string of the molecule is CCCCC(=O)CCC(=O)C[P+](c1ccccc1)(c1ccccc1)c1ccccc1. The second kappa shape index (κ2) is 11.0. The van der Waals surface area contributed by atoms with Crippen molar-refractivity contribution in [2.75, 3.05) is 6.16 Å². The molecular weight excluding hydrogens is 387 g/mol. The van der Waals surface area contributed by atoms with Gasteiger partial charge in [-0.05, 0) is 42.8 Å². The van der Waals surface area contributed by atoms with Crippen molar-refractivity contribution >= 4 is 34.7 Å². The van der Waals surface area contributed by atoms with E-state index in [2.05, 4.69) is 79.7 Å². The Balaban J connectivity index is 1.99. The Labute approximate surface area is 180 Å². The van der Waals surface area contributed by atoms with Crippen LogP contribution in [-0.2, 0) is 9.59 Å². The summed E-state index contributed by atoms with van der Waals surface area (Å²) in [6.45, 7) is 2.08. The molecule has 0 atom stereocenters. The molecule has 0 aromatic heterocycles. The second-order valence-corrected chi connectivity index (χ2v) is 11.1. The van der Waals surface area contributed by atoms with Gasteiger partial charge in [0.1, 0.15) is 35.1 Å². The lowest BCUT2D eigenvalue weighted by Gasteiger charge is -2.27. The third kappa shape index (κ3) is 5.32. The molecule has 0 unspecified atom stereocenters. The molecule has 0 N–H and O–H groups in total. The molecule has 154 valence electrons. The van der Waals surface area contributed by atoms with Gasteiger partial charge >= 0.3 is 0 Å². The molecule has 3 heteroatoms. The van der Waals surface area contributed by atoms with Gasteiger partial charge in [-0.1, -0.05) is 67.9 Å². The Hall–Kier alpha value is -2.57. The van der Waals surface area contributed by atoms with Gasteiger partial charge in [-0.3, -0.25) is 9.59 Å². The third-order valence-corrected chi connectivity index (χ3v) is 9.86. The fraction of sp³-hybridized carbons (Fsp3) is 0.259. The average Bonchev–Trinajstić information content (AvgIpc) is 2.81. The predicted octanol–water partition coefficient (Wildman–Crippen LogP) is 5.09.